The summed E-state index contributed by atoms with van der Waals surface area (Å²) in [5.74, 6) is -2.11. The van der Waals surface area contributed by atoms with Crippen LogP contribution in [0.4, 0.5) is 5.69 Å². The number of rotatable bonds is 2. The Labute approximate surface area is 114 Å². The van der Waals surface area contributed by atoms with E-state index in [1.807, 2.05) is 0 Å². The van der Waals surface area contributed by atoms with Gasteiger partial charge in [0, 0.05) is 5.56 Å². The van der Waals surface area contributed by atoms with Crippen LogP contribution < -0.4 is 0 Å². The minimum atomic E-state index is -2.11. The molecule has 0 aliphatic carbocycles. The molecule has 0 aromatic heterocycles. The standard InChI is InChI=1S/C12H13NO5S/c14-9-5-18-12(17,11(16)10(9)15)7-2-1-3-8(4-7)13-6-19/h1-4,9-11,14-17H,5H2/t9-,10+,11-,12?/m1/s1. The average Bonchev–Trinajstić information content (AvgIpc) is 2.42. The predicted molar refractivity (Wildman–Crippen MR) is 69.0 cm³/mol. The minimum Gasteiger partial charge on any atom is -0.388 e. The first-order valence-corrected chi connectivity index (χ1v) is 5.99. The number of aliphatic imine (C=N–C) groups is 1. The van der Waals surface area contributed by atoms with Crippen molar-refractivity contribution in [2.75, 3.05) is 6.61 Å². The number of benzene rings is 1. The van der Waals surface area contributed by atoms with Crippen LogP contribution in [0.25, 0.3) is 0 Å². The van der Waals surface area contributed by atoms with Gasteiger partial charge >= 0.3 is 0 Å². The number of aliphatic hydroxyl groups excluding tert-OH is 3. The molecule has 7 heteroatoms. The molecule has 0 amide bonds. The molecule has 1 saturated heterocycles. The lowest BCUT2D eigenvalue weighted by molar-refractivity contribution is -0.329. The van der Waals surface area contributed by atoms with Crippen LogP contribution in [-0.2, 0) is 10.5 Å². The number of ether oxygens (including phenoxy) is 1. The average molecular weight is 283 g/mol. The van der Waals surface area contributed by atoms with E-state index in [4.69, 9.17) is 4.74 Å². The van der Waals surface area contributed by atoms with Crippen LogP contribution in [0.3, 0.4) is 0 Å². The van der Waals surface area contributed by atoms with Crippen molar-refractivity contribution in [1.29, 1.82) is 0 Å². The fourth-order valence-corrected chi connectivity index (χ4v) is 2.05. The van der Waals surface area contributed by atoms with Crippen molar-refractivity contribution in [3.05, 3.63) is 29.8 Å². The maximum atomic E-state index is 10.4. The Morgan fingerprint density at radius 2 is 2.11 bits per heavy atom. The van der Waals surface area contributed by atoms with Crippen LogP contribution in [-0.4, -0.2) is 50.5 Å². The molecule has 1 aromatic carbocycles. The zero-order chi connectivity index (χ0) is 14.0. The first-order valence-electron chi connectivity index (χ1n) is 5.58. The lowest BCUT2D eigenvalue weighted by atomic mass is 9.91. The van der Waals surface area contributed by atoms with Gasteiger partial charge in [0.15, 0.2) is 0 Å². The minimum absolute atomic E-state index is 0.206. The van der Waals surface area contributed by atoms with Crippen molar-refractivity contribution in [2.45, 2.75) is 24.1 Å². The molecule has 4 N–H and O–H groups in total. The van der Waals surface area contributed by atoms with Gasteiger partial charge < -0.3 is 25.2 Å². The highest BCUT2D eigenvalue weighted by Gasteiger charge is 2.49. The Balaban J connectivity index is 2.39. The zero-order valence-electron chi connectivity index (χ0n) is 9.80. The highest BCUT2D eigenvalue weighted by Crippen LogP contribution is 2.34. The van der Waals surface area contributed by atoms with Crippen molar-refractivity contribution in [3.63, 3.8) is 0 Å². The number of hydrogen-bond acceptors (Lipinski definition) is 7. The molecular formula is C12H13NO5S. The Morgan fingerprint density at radius 1 is 1.37 bits per heavy atom. The number of aliphatic hydroxyl groups is 4. The zero-order valence-corrected chi connectivity index (χ0v) is 10.6. The highest BCUT2D eigenvalue weighted by molar-refractivity contribution is 7.78. The van der Waals surface area contributed by atoms with Gasteiger partial charge in [-0.3, -0.25) is 0 Å². The Hall–Kier alpha value is -1.18. The third-order valence-electron chi connectivity index (χ3n) is 3.03. The first-order chi connectivity index (χ1) is 8.99. The molecule has 1 unspecified atom stereocenters. The van der Waals surface area contributed by atoms with Crippen molar-refractivity contribution in [3.8, 4) is 0 Å². The van der Waals surface area contributed by atoms with Crippen molar-refractivity contribution in [1.82, 2.24) is 0 Å². The lowest BCUT2D eigenvalue weighted by Gasteiger charge is -2.41. The normalized spacial score (nSPS) is 34.6. The Kier molecular flexibility index (Phi) is 4.07. The monoisotopic (exact) mass is 283 g/mol. The van der Waals surface area contributed by atoms with Gasteiger partial charge in [-0.1, -0.05) is 12.1 Å². The van der Waals surface area contributed by atoms with E-state index in [9.17, 15) is 20.4 Å². The molecule has 1 fully saturated rings. The van der Waals surface area contributed by atoms with Crippen LogP contribution in [0.15, 0.2) is 29.3 Å². The molecule has 0 saturated carbocycles. The molecule has 1 aliphatic heterocycles. The summed E-state index contributed by atoms with van der Waals surface area (Å²) in [6.07, 6.45) is -4.43. The largest absolute Gasteiger partial charge is 0.388 e. The number of nitrogens with zero attached hydrogens (tertiary/aromatic N) is 1. The molecule has 1 aliphatic rings. The fraction of sp³-hybridized carbons (Fsp3) is 0.417. The van der Waals surface area contributed by atoms with Crippen molar-refractivity contribution < 1.29 is 25.2 Å². The number of hydrogen-bond donors (Lipinski definition) is 4. The topological polar surface area (TPSA) is 103 Å². The summed E-state index contributed by atoms with van der Waals surface area (Å²) in [5, 5.41) is 41.4. The summed E-state index contributed by atoms with van der Waals surface area (Å²) in [6, 6.07) is 6.18. The van der Waals surface area contributed by atoms with Gasteiger partial charge in [-0.05, 0) is 24.4 Å². The van der Waals surface area contributed by atoms with E-state index in [1.54, 1.807) is 12.1 Å². The van der Waals surface area contributed by atoms with Crippen LogP contribution >= 0.6 is 12.2 Å². The van der Waals surface area contributed by atoms with Crippen molar-refractivity contribution in [2.24, 2.45) is 4.99 Å². The summed E-state index contributed by atoms with van der Waals surface area (Å²) in [5.41, 5.74) is 0.634. The van der Waals surface area contributed by atoms with E-state index in [2.05, 4.69) is 22.4 Å². The predicted octanol–water partition coefficient (Wildman–Crippen LogP) is -0.321. The molecule has 6 nitrogen and oxygen atoms in total. The van der Waals surface area contributed by atoms with Crippen LogP contribution in [0.1, 0.15) is 5.56 Å². The SMILES string of the molecule is O[C@H]1[C@H](O)COC(O)(c2cccc(N=C=S)c2)[C@@H]1O. The van der Waals surface area contributed by atoms with Crippen LogP contribution in [0.5, 0.6) is 0 Å². The Morgan fingerprint density at radius 3 is 2.79 bits per heavy atom. The molecular weight excluding hydrogens is 270 g/mol. The molecule has 4 atom stereocenters. The summed E-state index contributed by atoms with van der Waals surface area (Å²) < 4.78 is 5.09. The summed E-state index contributed by atoms with van der Waals surface area (Å²) in [4.78, 5) is 3.76. The highest BCUT2D eigenvalue weighted by atomic mass is 32.1. The molecule has 19 heavy (non-hydrogen) atoms. The maximum absolute atomic E-state index is 10.4. The van der Waals surface area contributed by atoms with Crippen molar-refractivity contribution >= 4 is 23.1 Å². The second kappa shape index (κ2) is 5.44. The van der Waals surface area contributed by atoms with E-state index < -0.39 is 24.1 Å². The van der Waals surface area contributed by atoms with Crippen LogP contribution in [0, 0.1) is 0 Å². The van der Waals surface area contributed by atoms with E-state index in [1.165, 1.54) is 12.1 Å². The maximum Gasteiger partial charge on any atom is 0.222 e. The third kappa shape index (κ3) is 2.58. The molecule has 0 radical (unpaired) electrons. The van der Waals surface area contributed by atoms with E-state index >= 15 is 0 Å². The van der Waals surface area contributed by atoms with Crippen LogP contribution in [0.2, 0.25) is 0 Å². The van der Waals surface area contributed by atoms with Gasteiger partial charge in [-0.2, -0.15) is 4.99 Å². The summed E-state index contributed by atoms with van der Waals surface area (Å²) in [6.45, 7) is -0.296. The van der Waals surface area contributed by atoms with E-state index in [0.717, 1.165) is 0 Å². The number of thiocarbonyl (C=S) groups is 1. The molecule has 1 heterocycles. The van der Waals surface area contributed by atoms with Gasteiger partial charge in [-0.25, -0.2) is 0 Å². The quantitative estimate of drug-likeness (QED) is 0.438. The lowest BCUT2D eigenvalue weighted by Crippen LogP contribution is -2.58. The molecule has 2 rings (SSSR count). The summed E-state index contributed by atoms with van der Waals surface area (Å²) in [7, 11) is 0. The van der Waals surface area contributed by atoms with E-state index in [0.29, 0.717) is 5.69 Å². The second-order valence-electron chi connectivity index (χ2n) is 4.26. The molecule has 0 bridgehead atoms. The summed E-state index contributed by atoms with van der Waals surface area (Å²) >= 11 is 4.49. The molecule has 1 aromatic rings. The molecule has 102 valence electrons. The number of isothiocyanates is 1. The second-order valence-corrected chi connectivity index (χ2v) is 4.45. The van der Waals surface area contributed by atoms with Gasteiger partial charge in [0.1, 0.15) is 18.3 Å². The molecule has 0 spiro atoms. The smallest absolute Gasteiger partial charge is 0.222 e. The van der Waals surface area contributed by atoms with Gasteiger partial charge in [0.25, 0.3) is 0 Å². The van der Waals surface area contributed by atoms with Gasteiger partial charge in [0.2, 0.25) is 5.79 Å². The van der Waals surface area contributed by atoms with Gasteiger partial charge in [-0.15, -0.1) is 0 Å². The Bertz CT molecular complexity index is 519. The third-order valence-corrected chi connectivity index (χ3v) is 3.12. The van der Waals surface area contributed by atoms with Gasteiger partial charge in [0.05, 0.1) is 17.5 Å². The van der Waals surface area contributed by atoms with E-state index in [-0.39, 0.29) is 12.2 Å². The first kappa shape index (κ1) is 14.2. The fourth-order valence-electron chi connectivity index (χ4n) is 1.94.